The standard InChI is InChI=1S/C24H26Cl2N4O3/c1-2-33-23(31)21-19(27-24(32)28-22(21)16-7-9-17(25)10-8-16)15-29-11-13-30(14-12-29)20-6-4-3-5-18(20)26/h3-10,22H,2,11-15H2,1H3,(H2,27,28,32)/t22-/m1/s1. The highest BCUT2D eigenvalue weighted by molar-refractivity contribution is 6.33. The molecule has 2 aromatic rings. The van der Waals surface area contributed by atoms with Crippen LogP contribution in [0.5, 0.6) is 0 Å². The Hall–Kier alpha value is -2.74. The summed E-state index contributed by atoms with van der Waals surface area (Å²) in [5.74, 6) is -0.449. The summed E-state index contributed by atoms with van der Waals surface area (Å²) in [5, 5.41) is 7.00. The van der Waals surface area contributed by atoms with Crippen molar-refractivity contribution in [3.63, 3.8) is 0 Å². The Kier molecular flexibility index (Phi) is 7.42. The van der Waals surface area contributed by atoms with E-state index in [1.807, 2.05) is 24.3 Å². The van der Waals surface area contributed by atoms with E-state index in [1.165, 1.54) is 0 Å². The predicted octanol–water partition coefficient (Wildman–Crippen LogP) is 3.99. The summed E-state index contributed by atoms with van der Waals surface area (Å²) in [6.07, 6.45) is 0. The van der Waals surface area contributed by atoms with Gasteiger partial charge in [0.1, 0.15) is 0 Å². The minimum atomic E-state index is -0.616. The monoisotopic (exact) mass is 488 g/mol. The number of nitrogens with one attached hydrogen (secondary N) is 2. The van der Waals surface area contributed by atoms with E-state index in [0.717, 1.165) is 42.5 Å². The Morgan fingerprint density at radius 2 is 1.76 bits per heavy atom. The number of para-hydroxylation sites is 1. The van der Waals surface area contributed by atoms with Crippen molar-refractivity contribution in [3.8, 4) is 0 Å². The average molecular weight is 489 g/mol. The number of anilines is 1. The third-order valence-corrected chi connectivity index (χ3v) is 6.37. The summed E-state index contributed by atoms with van der Waals surface area (Å²) in [4.78, 5) is 29.9. The topological polar surface area (TPSA) is 73.9 Å². The van der Waals surface area contributed by atoms with E-state index in [1.54, 1.807) is 31.2 Å². The van der Waals surface area contributed by atoms with Gasteiger partial charge in [0.2, 0.25) is 0 Å². The van der Waals surface area contributed by atoms with Crippen LogP contribution in [0.1, 0.15) is 18.5 Å². The van der Waals surface area contributed by atoms with Gasteiger partial charge in [0.15, 0.2) is 0 Å². The van der Waals surface area contributed by atoms with E-state index in [9.17, 15) is 9.59 Å². The summed E-state index contributed by atoms with van der Waals surface area (Å²) in [6, 6.07) is 13.9. The number of ether oxygens (including phenoxy) is 1. The van der Waals surface area contributed by atoms with E-state index in [4.69, 9.17) is 27.9 Å². The molecular formula is C24H26Cl2N4O3. The summed E-state index contributed by atoms with van der Waals surface area (Å²) in [7, 11) is 0. The fourth-order valence-corrected chi connectivity index (χ4v) is 4.56. The lowest BCUT2D eigenvalue weighted by molar-refractivity contribution is -0.139. The van der Waals surface area contributed by atoms with Crippen LogP contribution in [0, 0.1) is 0 Å². The maximum Gasteiger partial charge on any atom is 0.338 e. The van der Waals surface area contributed by atoms with Gasteiger partial charge in [-0.1, -0.05) is 47.5 Å². The van der Waals surface area contributed by atoms with E-state index < -0.39 is 12.0 Å². The van der Waals surface area contributed by atoms with Gasteiger partial charge in [-0.05, 0) is 36.8 Å². The third kappa shape index (κ3) is 5.43. The number of hydrogen-bond acceptors (Lipinski definition) is 5. The molecule has 33 heavy (non-hydrogen) atoms. The number of urea groups is 1. The molecular weight excluding hydrogens is 463 g/mol. The number of piperazine rings is 1. The molecule has 1 saturated heterocycles. The van der Waals surface area contributed by atoms with Crippen LogP contribution in [0.15, 0.2) is 59.8 Å². The number of amides is 2. The van der Waals surface area contributed by atoms with Gasteiger partial charge in [-0.2, -0.15) is 0 Å². The number of halogens is 2. The fraction of sp³-hybridized carbons (Fsp3) is 0.333. The van der Waals surface area contributed by atoms with Crippen molar-refractivity contribution >= 4 is 40.9 Å². The van der Waals surface area contributed by atoms with Crippen LogP contribution in [-0.2, 0) is 9.53 Å². The molecule has 0 bridgehead atoms. The minimum Gasteiger partial charge on any atom is -0.463 e. The molecule has 4 rings (SSSR count). The van der Waals surface area contributed by atoms with Crippen LogP contribution in [0.3, 0.4) is 0 Å². The van der Waals surface area contributed by atoms with Crippen molar-refractivity contribution < 1.29 is 14.3 Å². The zero-order valence-corrected chi connectivity index (χ0v) is 19.8. The molecule has 9 heteroatoms. The molecule has 0 aliphatic carbocycles. The molecule has 0 saturated carbocycles. The molecule has 2 aromatic carbocycles. The number of hydrogen-bond donors (Lipinski definition) is 2. The van der Waals surface area contributed by atoms with E-state index >= 15 is 0 Å². The Bertz CT molecular complexity index is 1050. The van der Waals surface area contributed by atoms with Crippen LogP contribution in [0.25, 0.3) is 0 Å². The van der Waals surface area contributed by atoms with Gasteiger partial charge in [0.05, 0.1) is 28.9 Å². The second-order valence-electron chi connectivity index (χ2n) is 7.91. The highest BCUT2D eigenvalue weighted by atomic mass is 35.5. The van der Waals surface area contributed by atoms with Gasteiger partial charge in [0, 0.05) is 43.4 Å². The van der Waals surface area contributed by atoms with Gasteiger partial charge in [-0.15, -0.1) is 0 Å². The lowest BCUT2D eigenvalue weighted by atomic mass is 9.95. The fourth-order valence-electron chi connectivity index (χ4n) is 4.18. The number of carbonyl (C=O) groups is 2. The summed E-state index contributed by atoms with van der Waals surface area (Å²) in [6.45, 7) is 5.55. The van der Waals surface area contributed by atoms with Crippen molar-refractivity contribution in [3.05, 3.63) is 75.4 Å². The van der Waals surface area contributed by atoms with E-state index in [2.05, 4.69) is 20.4 Å². The molecule has 1 atom stereocenters. The van der Waals surface area contributed by atoms with Gasteiger partial charge in [0.25, 0.3) is 0 Å². The second-order valence-corrected chi connectivity index (χ2v) is 8.75. The van der Waals surface area contributed by atoms with Crippen LogP contribution in [0.4, 0.5) is 10.5 Å². The Morgan fingerprint density at radius 1 is 1.06 bits per heavy atom. The quantitative estimate of drug-likeness (QED) is 0.601. The SMILES string of the molecule is CCOC(=O)C1=C(CN2CCN(c3ccccc3Cl)CC2)NC(=O)N[C@@H]1c1ccc(Cl)cc1. The first-order chi connectivity index (χ1) is 16.0. The maximum atomic E-state index is 12.9. The molecule has 7 nitrogen and oxygen atoms in total. The maximum absolute atomic E-state index is 12.9. The Labute approximate surface area is 203 Å². The molecule has 2 amide bonds. The first kappa shape index (κ1) is 23.4. The zero-order valence-electron chi connectivity index (χ0n) is 18.3. The first-order valence-corrected chi connectivity index (χ1v) is 11.7. The second kappa shape index (κ2) is 10.5. The molecule has 2 aliphatic rings. The molecule has 2 heterocycles. The molecule has 1 fully saturated rings. The van der Waals surface area contributed by atoms with Crippen molar-refractivity contribution in [2.45, 2.75) is 13.0 Å². The van der Waals surface area contributed by atoms with Crippen LogP contribution in [0.2, 0.25) is 10.0 Å². The van der Waals surface area contributed by atoms with Gasteiger partial charge in [-0.3, -0.25) is 4.90 Å². The summed E-state index contributed by atoms with van der Waals surface area (Å²) in [5.41, 5.74) is 2.75. The summed E-state index contributed by atoms with van der Waals surface area (Å²) >= 11 is 12.4. The number of rotatable bonds is 6. The molecule has 0 unspecified atom stereocenters. The van der Waals surface area contributed by atoms with Crippen LogP contribution >= 0.6 is 23.2 Å². The zero-order chi connectivity index (χ0) is 23.4. The predicted molar refractivity (Wildman–Crippen MR) is 130 cm³/mol. The van der Waals surface area contributed by atoms with Gasteiger partial charge in [-0.25, -0.2) is 9.59 Å². The normalized spacial score (nSPS) is 19.2. The Balaban J connectivity index is 1.56. The molecule has 0 spiro atoms. The Morgan fingerprint density at radius 3 is 2.42 bits per heavy atom. The molecule has 0 aromatic heterocycles. The lowest BCUT2D eigenvalue weighted by Crippen LogP contribution is -2.51. The van der Waals surface area contributed by atoms with E-state index in [-0.39, 0.29) is 12.6 Å². The minimum absolute atomic E-state index is 0.243. The van der Waals surface area contributed by atoms with Crippen molar-refractivity contribution in [1.82, 2.24) is 15.5 Å². The van der Waals surface area contributed by atoms with Crippen LogP contribution < -0.4 is 15.5 Å². The highest BCUT2D eigenvalue weighted by Crippen LogP contribution is 2.30. The van der Waals surface area contributed by atoms with Gasteiger partial charge >= 0.3 is 12.0 Å². The highest BCUT2D eigenvalue weighted by Gasteiger charge is 2.34. The average Bonchev–Trinajstić information content (AvgIpc) is 2.80. The third-order valence-electron chi connectivity index (χ3n) is 5.80. The lowest BCUT2D eigenvalue weighted by Gasteiger charge is -2.38. The number of benzene rings is 2. The molecule has 0 radical (unpaired) electrons. The smallest absolute Gasteiger partial charge is 0.338 e. The summed E-state index contributed by atoms with van der Waals surface area (Å²) < 4.78 is 5.34. The van der Waals surface area contributed by atoms with Crippen LogP contribution in [-0.4, -0.2) is 56.2 Å². The first-order valence-electron chi connectivity index (χ1n) is 10.9. The van der Waals surface area contributed by atoms with E-state index in [0.29, 0.717) is 22.8 Å². The number of carbonyl (C=O) groups excluding carboxylic acids is 2. The molecule has 2 aliphatic heterocycles. The molecule has 174 valence electrons. The van der Waals surface area contributed by atoms with Crippen molar-refractivity contribution in [2.24, 2.45) is 0 Å². The number of esters is 1. The molecule has 2 N–H and O–H groups in total. The number of nitrogens with zero attached hydrogens (tertiary/aromatic N) is 2. The van der Waals surface area contributed by atoms with Crippen molar-refractivity contribution in [2.75, 3.05) is 44.2 Å². The largest absolute Gasteiger partial charge is 0.463 e. The van der Waals surface area contributed by atoms with Gasteiger partial charge < -0.3 is 20.3 Å². The van der Waals surface area contributed by atoms with Crippen molar-refractivity contribution in [1.29, 1.82) is 0 Å².